The number of hydrogen-bond acceptors (Lipinski definition) is 5. The van der Waals surface area contributed by atoms with Crippen LogP contribution in [0.2, 0.25) is 0 Å². The van der Waals surface area contributed by atoms with Crippen LogP contribution in [0.1, 0.15) is 34.4 Å². The Kier molecular flexibility index (Phi) is 4.08. The average molecular weight is 366 g/mol. The van der Waals surface area contributed by atoms with Gasteiger partial charge in [0.2, 0.25) is 0 Å². The molecule has 7 heteroatoms. The molecule has 0 radical (unpaired) electrons. The van der Waals surface area contributed by atoms with E-state index in [1.807, 2.05) is 37.4 Å². The third kappa shape index (κ3) is 2.70. The Labute approximate surface area is 154 Å². The van der Waals surface area contributed by atoms with Gasteiger partial charge in [0, 0.05) is 27.5 Å². The Morgan fingerprint density at radius 2 is 2.12 bits per heavy atom. The summed E-state index contributed by atoms with van der Waals surface area (Å²) >= 11 is 1.40. The number of rotatable bonds is 4. The molecule has 1 aromatic carbocycles. The van der Waals surface area contributed by atoms with Crippen LogP contribution in [-0.2, 0) is 6.42 Å². The summed E-state index contributed by atoms with van der Waals surface area (Å²) in [5.41, 5.74) is 5.19. The monoisotopic (exact) mass is 366 g/mol. The molecular weight excluding hydrogens is 348 g/mol. The van der Waals surface area contributed by atoms with Gasteiger partial charge in [0.1, 0.15) is 11.3 Å². The molecule has 0 unspecified atom stereocenters. The van der Waals surface area contributed by atoms with E-state index in [1.165, 1.54) is 11.3 Å². The average Bonchev–Trinajstić information content (AvgIpc) is 3.30. The van der Waals surface area contributed by atoms with Gasteiger partial charge in [-0.15, -0.1) is 11.3 Å². The highest BCUT2D eigenvalue weighted by Crippen LogP contribution is 2.34. The van der Waals surface area contributed by atoms with E-state index in [4.69, 9.17) is 4.52 Å². The van der Waals surface area contributed by atoms with Crippen molar-refractivity contribution in [2.24, 2.45) is 0 Å². The van der Waals surface area contributed by atoms with Crippen molar-refractivity contribution >= 4 is 33.3 Å². The van der Waals surface area contributed by atoms with E-state index in [0.29, 0.717) is 28.6 Å². The van der Waals surface area contributed by atoms with Gasteiger partial charge in [-0.2, -0.15) is 0 Å². The molecule has 0 spiro atoms. The van der Waals surface area contributed by atoms with Crippen molar-refractivity contribution in [1.82, 2.24) is 15.1 Å². The first kappa shape index (κ1) is 16.5. The fraction of sp³-hybridized carbons (Fsp3) is 0.211. The van der Waals surface area contributed by atoms with Crippen LogP contribution in [0.4, 0.5) is 5.13 Å². The lowest BCUT2D eigenvalue weighted by molar-refractivity contribution is 0.102. The second-order valence-corrected chi connectivity index (χ2v) is 6.93. The quantitative estimate of drug-likeness (QED) is 0.548. The Morgan fingerprint density at radius 3 is 2.92 bits per heavy atom. The molecule has 0 aliphatic rings. The Balaban J connectivity index is 1.65. The van der Waals surface area contributed by atoms with Crippen molar-refractivity contribution < 1.29 is 9.32 Å². The van der Waals surface area contributed by atoms with Gasteiger partial charge in [0.25, 0.3) is 5.91 Å². The summed E-state index contributed by atoms with van der Waals surface area (Å²) in [5.74, 6) is 0.278. The summed E-state index contributed by atoms with van der Waals surface area (Å²) in [4.78, 5) is 20.6. The van der Waals surface area contributed by atoms with E-state index < -0.39 is 0 Å². The van der Waals surface area contributed by atoms with Crippen LogP contribution < -0.4 is 5.32 Å². The Morgan fingerprint density at radius 1 is 1.31 bits per heavy atom. The first-order valence-corrected chi connectivity index (χ1v) is 9.26. The molecule has 4 aromatic rings. The van der Waals surface area contributed by atoms with Crippen molar-refractivity contribution in [1.29, 1.82) is 0 Å². The largest absolute Gasteiger partial charge is 0.361 e. The highest BCUT2D eigenvalue weighted by atomic mass is 32.1. The molecule has 0 atom stereocenters. The Bertz CT molecular complexity index is 1110. The molecule has 1 amide bonds. The number of fused-ring (bicyclic) bond motifs is 1. The fourth-order valence-electron chi connectivity index (χ4n) is 3.16. The fourth-order valence-corrected chi connectivity index (χ4v) is 3.86. The number of carbonyl (C=O) groups is 1. The molecule has 3 heterocycles. The van der Waals surface area contributed by atoms with E-state index in [0.717, 1.165) is 27.9 Å². The highest BCUT2D eigenvalue weighted by Gasteiger charge is 2.21. The second-order valence-electron chi connectivity index (χ2n) is 6.08. The van der Waals surface area contributed by atoms with E-state index in [-0.39, 0.29) is 5.91 Å². The molecule has 0 aliphatic heterocycles. The molecule has 0 fully saturated rings. The van der Waals surface area contributed by atoms with Gasteiger partial charge in [-0.05, 0) is 26.3 Å². The third-order valence-corrected chi connectivity index (χ3v) is 5.13. The van der Waals surface area contributed by atoms with E-state index in [1.54, 1.807) is 6.92 Å². The first-order valence-electron chi connectivity index (χ1n) is 8.38. The summed E-state index contributed by atoms with van der Waals surface area (Å²) in [5, 5.41) is 10.4. The van der Waals surface area contributed by atoms with Crippen molar-refractivity contribution in [3.05, 3.63) is 52.4 Å². The number of para-hydroxylation sites is 1. The minimum Gasteiger partial charge on any atom is -0.361 e. The van der Waals surface area contributed by atoms with Crippen LogP contribution in [-0.4, -0.2) is 21.0 Å². The number of thiazole rings is 1. The maximum Gasteiger partial charge on any atom is 0.262 e. The number of benzene rings is 1. The van der Waals surface area contributed by atoms with Gasteiger partial charge in [-0.3, -0.25) is 10.1 Å². The topological polar surface area (TPSA) is 83.8 Å². The summed E-state index contributed by atoms with van der Waals surface area (Å²) in [7, 11) is 0. The minimum atomic E-state index is -0.239. The van der Waals surface area contributed by atoms with Crippen molar-refractivity contribution in [2.45, 2.75) is 27.2 Å². The summed E-state index contributed by atoms with van der Waals surface area (Å²) < 4.78 is 5.14. The maximum absolute atomic E-state index is 12.6. The normalized spacial score (nSPS) is 11.2. The maximum atomic E-state index is 12.6. The van der Waals surface area contributed by atoms with Crippen LogP contribution in [0, 0.1) is 13.8 Å². The van der Waals surface area contributed by atoms with Crippen LogP contribution in [0.15, 0.2) is 34.2 Å². The SMILES string of the molecule is CCc1noc(C)c1C(=O)Nc1nc(-c2c(C)[nH]c3ccccc23)cs1. The van der Waals surface area contributed by atoms with Gasteiger partial charge in [0.05, 0.1) is 11.4 Å². The summed E-state index contributed by atoms with van der Waals surface area (Å²) in [6.07, 6.45) is 0.637. The zero-order valence-electron chi connectivity index (χ0n) is 14.7. The summed E-state index contributed by atoms with van der Waals surface area (Å²) in [6.45, 7) is 5.71. The van der Waals surface area contributed by atoms with Crippen molar-refractivity contribution in [2.75, 3.05) is 5.32 Å². The predicted molar refractivity (Wildman–Crippen MR) is 103 cm³/mol. The standard InChI is InChI=1S/C19H18N4O2S/c1-4-13-17(11(3)25-23-13)18(24)22-19-21-15(9-26-19)16-10(2)20-14-8-6-5-7-12(14)16/h5-9,20H,4H2,1-3H3,(H,21,22,24). The number of anilines is 1. The predicted octanol–water partition coefficient (Wildman–Crippen LogP) is 4.71. The van der Waals surface area contributed by atoms with Gasteiger partial charge in [-0.25, -0.2) is 4.98 Å². The number of aryl methyl sites for hydroxylation is 3. The number of nitrogens with one attached hydrogen (secondary N) is 2. The molecular formula is C19H18N4O2S. The number of amides is 1. The number of aromatic amines is 1. The second kappa shape index (κ2) is 6.42. The van der Waals surface area contributed by atoms with E-state index in [9.17, 15) is 4.79 Å². The number of aromatic nitrogens is 3. The number of H-pyrrole nitrogens is 1. The van der Waals surface area contributed by atoms with Gasteiger partial charge >= 0.3 is 0 Å². The van der Waals surface area contributed by atoms with E-state index >= 15 is 0 Å². The molecule has 26 heavy (non-hydrogen) atoms. The molecule has 132 valence electrons. The van der Waals surface area contributed by atoms with Gasteiger partial charge < -0.3 is 9.51 Å². The lowest BCUT2D eigenvalue weighted by atomic mass is 10.1. The first-order chi connectivity index (χ1) is 12.6. The van der Waals surface area contributed by atoms with Crippen molar-refractivity contribution in [3.63, 3.8) is 0 Å². The Hall–Kier alpha value is -2.93. The van der Waals surface area contributed by atoms with Crippen molar-refractivity contribution in [3.8, 4) is 11.3 Å². The van der Waals surface area contributed by atoms with Gasteiger partial charge in [0.15, 0.2) is 5.13 Å². The molecule has 2 N–H and O–H groups in total. The molecule has 0 saturated carbocycles. The number of carbonyl (C=O) groups excluding carboxylic acids is 1. The van der Waals surface area contributed by atoms with E-state index in [2.05, 4.69) is 26.5 Å². The minimum absolute atomic E-state index is 0.239. The number of hydrogen-bond donors (Lipinski definition) is 2. The van der Waals surface area contributed by atoms with Crippen LogP contribution in [0.5, 0.6) is 0 Å². The molecule has 0 saturated heterocycles. The molecule has 0 bridgehead atoms. The number of nitrogens with zero attached hydrogens (tertiary/aromatic N) is 2. The zero-order chi connectivity index (χ0) is 18.3. The summed E-state index contributed by atoms with van der Waals surface area (Å²) in [6, 6.07) is 8.12. The van der Waals surface area contributed by atoms with Gasteiger partial charge in [-0.1, -0.05) is 30.3 Å². The highest BCUT2D eigenvalue weighted by molar-refractivity contribution is 7.14. The molecule has 6 nitrogen and oxygen atoms in total. The molecule has 4 rings (SSSR count). The third-order valence-electron chi connectivity index (χ3n) is 4.37. The zero-order valence-corrected chi connectivity index (χ0v) is 15.5. The van der Waals surface area contributed by atoms with Crippen LogP contribution in [0.3, 0.4) is 0 Å². The lowest BCUT2D eigenvalue weighted by Crippen LogP contribution is -2.14. The smallest absolute Gasteiger partial charge is 0.262 e. The molecule has 0 aliphatic carbocycles. The lowest BCUT2D eigenvalue weighted by Gasteiger charge is -2.01. The van der Waals surface area contributed by atoms with Crippen LogP contribution >= 0.6 is 11.3 Å². The molecule has 3 aromatic heterocycles. The van der Waals surface area contributed by atoms with Crippen LogP contribution in [0.25, 0.3) is 22.2 Å².